The van der Waals surface area contributed by atoms with Crippen LogP contribution < -0.4 is 10.6 Å². The van der Waals surface area contributed by atoms with Crippen molar-refractivity contribution in [2.75, 3.05) is 13.2 Å². The van der Waals surface area contributed by atoms with Crippen LogP contribution in [0.15, 0.2) is 11.6 Å². The second-order valence-corrected chi connectivity index (χ2v) is 6.42. The number of nitrogens with one attached hydrogen (secondary N) is 2. The summed E-state index contributed by atoms with van der Waals surface area (Å²) in [7, 11) is 0. The molecule has 0 saturated carbocycles. The number of unbranched alkanes of at least 4 members (excludes halogenated alkanes) is 4. The highest BCUT2D eigenvalue weighted by molar-refractivity contribution is 5.93. The van der Waals surface area contributed by atoms with Crippen LogP contribution in [-0.2, 0) is 4.79 Å². The first kappa shape index (κ1) is 20.1. The quantitative estimate of drug-likeness (QED) is 0.327. The van der Waals surface area contributed by atoms with Crippen LogP contribution in [0.4, 0.5) is 0 Å². The Bertz CT molecular complexity index is 358. The van der Waals surface area contributed by atoms with E-state index < -0.39 is 6.23 Å². The highest BCUT2D eigenvalue weighted by Gasteiger charge is 2.20. The van der Waals surface area contributed by atoms with E-state index in [9.17, 15) is 9.90 Å². The smallest absolute Gasteiger partial charge is 0.246 e. The summed E-state index contributed by atoms with van der Waals surface area (Å²) < 4.78 is 0. The van der Waals surface area contributed by atoms with Gasteiger partial charge in [0.25, 0.3) is 0 Å². The average Bonchev–Trinajstić information content (AvgIpc) is 2.55. The van der Waals surface area contributed by atoms with E-state index in [-0.39, 0.29) is 18.6 Å². The predicted molar refractivity (Wildman–Crippen MR) is 93.0 cm³/mol. The van der Waals surface area contributed by atoms with Crippen LogP contribution in [0.1, 0.15) is 71.1 Å². The summed E-state index contributed by atoms with van der Waals surface area (Å²) in [5.74, 6) is -0.0200. The summed E-state index contributed by atoms with van der Waals surface area (Å²) in [4.78, 5) is 11.9. The molecule has 5 heteroatoms. The van der Waals surface area contributed by atoms with Gasteiger partial charge in [0.15, 0.2) is 0 Å². The van der Waals surface area contributed by atoms with E-state index in [0.717, 1.165) is 37.7 Å². The van der Waals surface area contributed by atoms with Crippen molar-refractivity contribution in [3.63, 3.8) is 0 Å². The molecule has 0 aromatic heterocycles. The topological polar surface area (TPSA) is 81.6 Å². The molecular formula is C18H34N2O3. The number of hydrogen-bond donors (Lipinski definition) is 4. The van der Waals surface area contributed by atoms with E-state index >= 15 is 0 Å². The van der Waals surface area contributed by atoms with Crippen molar-refractivity contribution in [2.24, 2.45) is 0 Å². The molecule has 5 nitrogen and oxygen atoms in total. The zero-order chi connectivity index (χ0) is 16.9. The summed E-state index contributed by atoms with van der Waals surface area (Å²) >= 11 is 0. The molecule has 1 aliphatic carbocycles. The number of aliphatic hydroxyl groups is 2. The summed E-state index contributed by atoms with van der Waals surface area (Å²) in [6.07, 6.45) is 11.4. The number of hydrogen-bond acceptors (Lipinski definition) is 4. The van der Waals surface area contributed by atoms with Gasteiger partial charge >= 0.3 is 0 Å². The van der Waals surface area contributed by atoms with Crippen molar-refractivity contribution < 1.29 is 15.0 Å². The molecule has 1 aliphatic rings. The highest BCUT2D eigenvalue weighted by atomic mass is 16.3. The number of carbonyl (C=O) groups is 1. The molecule has 2 unspecified atom stereocenters. The maximum Gasteiger partial charge on any atom is 0.246 e. The van der Waals surface area contributed by atoms with E-state index in [1.807, 2.05) is 6.08 Å². The Morgan fingerprint density at radius 3 is 2.74 bits per heavy atom. The Kier molecular flexibility index (Phi) is 10.9. The fraction of sp³-hybridized carbons (Fsp3) is 0.833. The van der Waals surface area contributed by atoms with Crippen molar-refractivity contribution >= 4 is 5.91 Å². The molecule has 1 amide bonds. The van der Waals surface area contributed by atoms with Crippen LogP contribution in [-0.4, -0.2) is 41.5 Å². The van der Waals surface area contributed by atoms with Gasteiger partial charge in [0.1, 0.15) is 6.23 Å². The molecule has 1 rings (SSSR count). The van der Waals surface area contributed by atoms with E-state index in [1.165, 1.54) is 25.7 Å². The van der Waals surface area contributed by atoms with Gasteiger partial charge in [-0.15, -0.1) is 0 Å². The Labute approximate surface area is 140 Å². The van der Waals surface area contributed by atoms with Gasteiger partial charge in [0, 0.05) is 24.8 Å². The second-order valence-electron chi connectivity index (χ2n) is 6.42. The van der Waals surface area contributed by atoms with Crippen molar-refractivity contribution in [3.05, 3.63) is 11.6 Å². The fourth-order valence-electron chi connectivity index (χ4n) is 2.88. The zero-order valence-electron chi connectivity index (χ0n) is 14.5. The number of amides is 1. The van der Waals surface area contributed by atoms with E-state index in [4.69, 9.17) is 5.11 Å². The molecule has 2 atom stereocenters. The summed E-state index contributed by atoms with van der Waals surface area (Å²) in [5.41, 5.74) is 0.829. The Morgan fingerprint density at radius 1 is 1.30 bits per heavy atom. The lowest BCUT2D eigenvalue weighted by molar-refractivity contribution is -0.117. The van der Waals surface area contributed by atoms with Gasteiger partial charge in [-0.05, 0) is 38.5 Å². The third kappa shape index (κ3) is 9.08. The van der Waals surface area contributed by atoms with Crippen LogP contribution in [0.2, 0.25) is 0 Å². The minimum Gasteiger partial charge on any atom is -0.396 e. The normalized spacial score (nSPS) is 19.3. The summed E-state index contributed by atoms with van der Waals surface area (Å²) in [6, 6.07) is 0.259. The molecule has 0 saturated heterocycles. The van der Waals surface area contributed by atoms with Crippen molar-refractivity contribution in [1.82, 2.24) is 10.6 Å². The van der Waals surface area contributed by atoms with Crippen LogP contribution in [0, 0.1) is 0 Å². The highest BCUT2D eigenvalue weighted by Crippen LogP contribution is 2.19. The third-order valence-corrected chi connectivity index (χ3v) is 4.33. The van der Waals surface area contributed by atoms with Gasteiger partial charge in [-0.1, -0.05) is 38.7 Å². The zero-order valence-corrected chi connectivity index (χ0v) is 14.5. The van der Waals surface area contributed by atoms with Crippen LogP contribution in [0.5, 0.6) is 0 Å². The first-order chi connectivity index (χ1) is 11.2. The Hall–Kier alpha value is -0.910. The fourth-order valence-corrected chi connectivity index (χ4v) is 2.88. The number of aliphatic hydroxyl groups excluding tert-OH is 2. The average molecular weight is 326 g/mol. The van der Waals surface area contributed by atoms with Gasteiger partial charge in [0.2, 0.25) is 5.91 Å². The lowest BCUT2D eigenvalue weighted by atomic mass is 9.94. The molecule has 23 heavy (non-hydrogen) atoms. The Morgan fingerprint density at radius 2 is 2.09 bits per heavy atom. The SMILES string of the molecule is CCCCCCCC(O)NC1CC=C(C(=O)NCCCO)CC1. The molecule has 0 fully saturated rings. The van der Waals surface area contributed by atoms with Crippen LogP contribution >= 0.6 is 0 Å². The van der Waals surface area contributed by atoms with Crippen molar-refractivity contribution in [2.45, 2.75) is 83.4 Å². The lowest BCUT2D eigenvalue weighted by Crippen LogP contribution is -2.40. The summed E-state index contributed by atoms with van der Waals surface area (Å²) in [5, 5.41) is 24.8. The minimum absolute atomic E-state index is 0.0200. The lowest BCUT2D eigenvalue weighted by Gasteiger charge is -2.25. The van der Waals surface area contributed by atoms with Gasteiger partial charge in [-0.25, -0.2) is 0 Å². The predicted octanol–water partition coefficient (Wildman–Crippen LogP) is 2.23. The number of carbonyl (C=O) groups excluding carboxylic acids is 1. The number of rotatable bonds is 12. The molecule has 134 valence electrons. The van der Waals surface area contributed by atoms with Crippen LogP contribution in [0.25, 0.3) is 0 Å². The largest absolute Gasteiger partial charge is 0.396 e. The van der Waals surface area contributed by atoms with E-state index in [2.05, 4.69) is 17.6 Å². The monoisotopic (exact) mass is 326 g/mol. The third-order valence-electron chi connectivity index (χ3n) is 4.33. The molecule has 0 aromatic carbocycles. The molecular weight excluding hydrogens is 292 g/mol. The van der Waals surface area contributed by atoms with Gasteiger partial charge < -0.3 is 15.5 Å². The maximum absolute atomic E-state index is 11.9. The second kappa shape index (κ2) is 12.5. The van der Waals surface area contributed by atoms with Gasteiger partial charge in [-0.3, -0.25) is 10.1 Å². The molecule has 0 aromatic rings. The molecule has 4 N–H and O–H groups in total. The first-order valence-electron chi connectivity index (χ1n) is 9.19. The van der Waals surface area contributed by atoms with E-state index in [1.54, 1.807) is 0 Å². The van der Waals surface area contributed by atoms with Crippen LogP contribution in [0.3, 0.4) is 0 Å². The molecule has 0 spiro atoms. The van der Waals surface area contributed by atoms with Crippen molar-refractivity contribution in [3.8, 4) is 0 Å². The van der Waals surface area contributed by atoms with E-state index in [0.29, 0.717) is 13.0 Å². The molecule has 0 aliphatic heterocycles. The first-order valence-corrected chi connectivity index (χ1v) is 9.19. The molecule has 0 bridgehead atoms. The molecule has 0 heterocycles. The van der Waals surface area contributed by atoms with Gasteiger partial charge in [-0.2, -0.15) is 0 Å². The summed E-state index contributed by atoms with van der Waals surface area (Å²) in [6.45, 7) is 2.82. The Balaban J connectivity index is 2.17. The maximum atomic E-state index is 11.9. The van der Waals surface area contributed by atoms with Gasteiger partial charge in [0.05, 0.1) is 0 Å². The van der Waals surface area contributed by atoms with Crippen molar-refractivity contribution in [1.29, 1.82) is 0 Å². The standard InChI is InChI=1S/C18H34N2O3/c1-2-3-4-5-6-8-17(22)20-16-11-9-15(10-12-16)18(23)19-13-7-14-21/h9,16-17,20-22H,2-8,10-14H2,1H3,(H,19,23). The minimum atomic E-state index is -0.435. The molecule has 0 radical (unpaired) electrons.